The minimum absolute atomic E-state index is 0.167. The smallest absolute Gasteiger partial charge is 0.0453 e. The van der Waals surface area contributed by atoms with E-state index in [0.29, 0.717) is 16.5 Å². The molecule has 0 fully saturated rings. The van der Waals surface area contributed by atoms with E-state index in [0.717, 1.165) is 20.1 Å². The van der Waals surface area contributed by atoms with Crippen LogP contribution in [0.2, 0.25) is 10.0 Å². The Morgan fingerprint density at radius 1 is 1.05 bits per heavy atom. The normalized spacial score (nSPS) is 12.5. The lowest BCUT2D eigenvalue weighted by atomic mass is 10.00. The molecule has 0 aliphatic heterocycles. The highest BCUT2D eigenvalue weighted by Gasteiger charge is 2.14. The van der Waals surface area contributed by atoms with Crippen LogP contribution in [-0.4, -0.2) is 0 Å². The van der Waals surface area contributed by atoms with Gasteiger partial charge in [0.1, 0.15) is 0 Å². The molecule has 2 aromatic carbocycles. The lowest BCUT2D eigenvalue weighted by molar-refractivity contribution is 0.718. The number of rotatable bonds is 3. The van der Waals surface area contributed by atoms with Crippen molar-refractivity contribution < 1.29 is 0 Å². The summed E-state index contributed by atoms with van der Waals surface area (Å²) in [5.74, 6) is 0. The SMILES string of the molecule is NC(Cc1c(Cl)cccc1Cl)c1ccc(Br)cc1Br. The molecule has 0 aromatic heterocycles. The number of hydrogen-bond donors (Lipinski definition) is 1. The molecule has 2 N–H and O–H groups in total. The van der Waals surface area contributed by atoms with E-state index in [9.17, 15) is 0 Å². The highest BCUT2D eigenvalue weighted by molar-refractivity contribution is 9.11. The van der Waals surface area contributed by atoms with E-state index in [-0.39, 0.29) is 6.04 Å². The van der Waals surface area contributed by atoms with Crippen LogP contribution in [0, 0.1) is 0 Å². The van der Waals surface area contributed by atoms with Crippen molar-refractivity contribution in [3.8, 4) is 0 Å². The van der Waals surface area contributed by atoms with Crippen molar-refractivity contribution in [1.82, 2.24) is 0 Å². The second-order valence-electron chi connectivity index (χ2n) is 4.18. The van der Waals surface area contributed by atoms with Crippen LogP contribution >= 0.6 is 55.1 Å². The first-order valence-electron chi connectivity index (χ1n) is 5.62. The van der Waals surface area contributed by atoms with Gasteiger partial charge in [0.15, 0.2) is 0 Å². The van der Waals surface area contributed by atoms with Crippen LogP contribution in [0.4, 0.5) is 0 Å². The summed E-state index contributed by atoms with van der Waals surface area (Å²) in [6.45, 7) is 0. The number of halogens is 4. The summed E-state index contributed by atoms with van der Waals surface area (Å²) in [6.07, 6.45) is 0.596. The van der Waals surface area contributed by atoms with Gasteiger partial charge in [-0.15, -0.1) is 0 Å². The van der Waals surface area contributed by atoms with Crippen LogP contribution in [0.15, 0.2) is 45.3 Å². The largest absolute Gasteiger partial charge is 0.324 e. The molecule has 0 spiro atoms. The first-order valence-corrected chi connectivity index (χ1v) is 7.96. The summed E-state index contributed by atoms with van der Waals surface area (Å²) in [7, 11) is 0. The third-order valence-electron chi connectivity index (χ3n) is 2.85. The van der Waals surface area contributed by atoms with Gasteiger partial charge in [0.05, 0.1) is 0 Å². The van der Waals surface area contributed by atoms with Gasteiger partial charge in [-0.1, -0.05) is 67.2 Å². The van der Waals surface area contributed by atoms with Crippen molar-refractivity contribution in [3.05, 3.63) is 66.5 Å². The van der Waals surface area contributed by atoms with Gasteiger partial charge in [0.2, 0.25) is 0 Å². The van der Waals surface area contributed by atoms with Crippen LogP contribution in [0.5, 0.6) is 0 Å². The molecule has 0 bridgehead atoms. The van der Waals surface area contributed by atoms with E-state index >= 15 is 0 Å². The fourth-order valence-corrected chi connectivity index (χ4v) is 3.75. The van der Waals surface area contributed by atoms with Crippen molar-refractivity contribution in [2.75, 3.05) is 0 Å². The fourth-order valence-electron chi connectivity index (χ4n) is 1.86. The average molecular weight is 424 g/mol. The van der Waals surface area contributed by atoms with Gasteiger partial charge in [0.25, 0.3) is 0 Å². The van der Waals surface area contributed by atoms with Crippen LogP contribution < -0.4 is 5.73 Å². The van der Waals surface area contributed by atoms with Crippen LogP contribution in [0.3, 0.4) is 0 Å². The zero-order valence-electron chi connectivity index (χ0n) is 9.84. The molecule has 0 aliphatic carbocycles. The van der Waals surface area contributed by atoms with Crippen molar-refractivity contribution >= 4 is 55.1 Å². The average Bonchev–Trinajstić information content (AvgIpc) is 2.33. The topological polar surface area (TPSA) is 26.0 Å². The summed E-state index contributed by atoms with van der Waals surface area (Å²) < 4.78 is 1.98. The lowest BCUT2D eigenvalue weighted by Gasteiger charge is -2.16. The third kappa shape index (κ3) is 3.73. The van der Waals surface area contributed by atoms with Crippen molar-refractivity contribution in [3.63, 3.8) is 0 Å². The molecule has 19 heavy (non-hydrogen) atoms. The highest BCUT2D eigenvalue weighted by atomic mass is 79.9. The minimum atomic E-state index is -0.167. The van der Waals surface area contributed by atoms with E-state index in [1.807, 2.05) is 36.4 Å². The quantitative estimate of drug-likeness (QED) is 0.667. The Kier molecular flexibility index (Phi) is 5.32. The van der Waals surface area contributed by atoms with Crippen molar-refractivity contribution in [2.45, 2.75) is 12.5 Å². The number of nitrogens with two attached hydrogens (primary N) is 1. The molecule has 100 valence electrons. The fraction of sp³-hybridized carbons (Fsp3) is 0.143. The second kappa shape index (κ2) is 6.59. The molecule has 0 aliphatic rings. The Balaban J connectivity index is 2.28. The summed E-state index contributed by atoms with van der Waals surface area (Å²) in [4.78, 5) is 0. The Morgan fingerprint density at radius 3 is 2.26 bits per heavy atom. The van der Waals surface area contributed by atoms with Gasteiger partial charge in [-0.2, -0.15) is 0 Å². The Bertz CT molecular complexity index is 582. The van der Waals surface area contributed by atoms with Crippen LogP contribution in [0.25, 0.3) is 0 Å². The predicted molar refractivity (Wildman–Crippen MR) is 88.9 cm³/mol. The van der Waals surface area contributed by atoms with Crippen LogP contribution in [-0.2, 0) is 6.42 Å². The van der Waals surface area contributed by atoms with Gasteiger partial charge < -0.3 is 5.73 Å². The zero-order valence-corrected chi connectivity index (χ0v) is 14.5. The summed E-state index contributed by atoms with van der Waals surface area (Å²) in [6, 6.07) is 11.2. The Morgan fingerprint density at radius 2 is 1.68 bits per heavy atom. The van der Waals surface area contributed by atoms with E-state index in [1.165, 1.54) is 0 Å². The summed E-state index contributed by atoms with van der Waals surface area (Å²) in [5, 5.41) is 1.30. The summed E-state index contributed by atoms with van der Waals surface area (Å²) >= 11 is 19.3. The van der Waals surface area contributed by atoms with E-state index < -0.39 is 0 Å². The van der Waals surface area contributed by atoms with Gasteiger partial charge in [0, 0.05) is 25.0 Å². The van der Waals surface area contributed by atoms with Crippen molar-refractivity contribution in [2.24, 2.45) is 5.73 Å². The molecule has 1 atom stereocenters. The highest BCUT2D eigenvalue weighted by Crippen LogP contribution is 2.31. The summed E-state index contributed by atoms with van der Waals surface area (Å²) in [5.41, 5.74) is 8.16. The molecule has 0 saturated carbocycles. The van der Waals surface area contributed by atoms with Gasteiger partial charge >= 0.3 is 0 Å². The maximum absolute atomic E-state index is 6.25. The van der Waals surface area contributed by atoms with Crippen molar-refractivity contribution in [1.29, 1.82) is 0 Å². The van der Waals surface area contributed by atoms with E-state index in [1.54, 1.807) is 0 Å². The Hall–Kier alpha value is -0.0600. The second-order valence-corrected chi connectivity index (χ2v) is 6.76. The maximum atomic E-state index is 6.25. The van der Waals surface area contributed by atoms with E-state index in [4.69, 9.17) is 28.9 Å². The van der Waals surface area contributed by atoms with Gasteiger partial charge in [-0.3, -0.25) is 0 Å². The molecule has 0 heterocycles. The first kappa shape index (κ1) is 15.3. The van der Waals surface area contributed by atoms with Crippen LogP contribution in [0.1, 0.15) is 17.2 Å². The molecular formula is C14H11Br2Cl2N. The maximum Gasteiger partial charge on any atom is 0.0453 e. The standard InChI is InChI=1S/C14H11Br2Cl2N/c15-8-4-5-9(11(16)6-8)14(19)7-10-12(17)2-1-3-13(10)18/h1-6,14H,7,19H2. The minimum Gasteiger partial charge on any atom is -0.324 e. The zero-order chi connectivity index (χ0) is 14.0. The molecule has 0 amide bonds. The molecule has 1 unspecified atom stereocenters. The molecule has 0 saturated heterocycles. The Labute approximate surface area is 139 Å². The molecule has 5 heteroatoms. The van der Waals surface area contributed by atoms with Gasteiger partial charge in [-0.25, -0.2) is 0 Å². The van der Waals surface area contributed by atoms with E-state index in [2.05, 4.69) is 31.9 Å². The molecule has 1 nitrogen and oxygen atoms in total. The molecular weight excluding hydrogens is 413 g/mol. The van der Waals surface area contributed by atoms with Gasteiger partial charge in [-0.05, 0) is 41.8 Å². The monoisotopic (exact) mass is 421 g/mol. The molecule has 0 radical (unpaired) electrons. The molecule has 2 rings (SSSR count). The predicted octanol–water partition coefficient (Wildman–Crippen LogP) is 5.76. The number of benzene rings is 2. The third-order valence-corrected chi connectivity index (χ3v) is 4.74. The first-order chi connectivity index (χ1) is 8.99. The molecule has 2 aromatic rings. The number of hydrogen-bond acceptors (Lipinski definition) is 1. The lowest BCUT2D eigenvalue weighted by Crippen LogP contribution is -2.14.